The second-order valence-electron chi connectivity index (χ2n) is 1.62. The summed E-state index contributed by atoms with van der Waals surface area (Å²) in [4.78, 5) is 0. The van der Waals surface area contributed by atoms with Gasteiger partial charge in [0, 0.05) is 12.7 Å². The summed E-state index contributed by atoms with van der Waals surface area (Å²) in [5, 5.41) is 3.03. The van der Waals surface area contributed by atoms with Gasteiger partial charge in [0.1, 0.15) is 0 Å². The minimum atomic E-state index is 0. The van der Waals surface area contributed by atoms with Gasteiger partial charge in [-0.3, -0.25) is 14.1 Å². The molecule has 0 aliphatic heterocycles. The molecule has 66 valence electrons. The van der Waals surface area contributed by atoms with Crippen molar-refractivity contribution >= 4 is 5.69 Å². The summed E-state index contributed by atoms with van der Waals surface area (Å²) in [5.41, 5.74) is 1.16. The third-order valence-electron chi connectivity index (χ3n) is 1.06. The van der Waals surface area contributed by atoms with E-state index in [2.05, 4.69) is 5.32 Å². The van der Waals surface area contributed by atoms with Crippen molar-refractivity contribution in [3.8, 4) is 0 Å². The fourth-order valence-electron chi connectivity index (χ4n) is 0.605. The topological polar surface area (TPSA) is 12.0 Å². The fraction of sp³-hybridized carbons (Fsp3) is 0.143. The van der Waals surface area contributed by atoms with Crippen LogP contribution in [0.1, 0.15) is 0 Å². The van der Waals surface area contributed by atoms with Crippen molar-refractivity contribution in [1.29, 1.82) is 0 Å². The van der Waals surface area contributed by atoms with Crippen LogP contribution in [-0.2, 0) is 0 Å². The molecule has 0 atom stereocenters. The molecule has 0 saturated heterocycles. The van der Waals surface area contributed by atoms with Crippen molar-refractivity contribution < 1.29 is 14.1 Å². The van der Waals surface area contributed by atoms with Gasteiger partial charge in [0.2, 0.25) is 0 Å². The first kappa shape index (κ1) is 16.4. The van der Waals surface area contributed by atoms with Gasteiger partial charge < -0.3 is 5.32 Å². The maximum atomic E-state index is 3.03. The molecular weight excluding hydrogens is 155 g/mol. The van der Waals surface area contributed by atoms with E-state index in [0.717, 1.165) is 5.69 Å². The lowest BCUT2D eigenvalue weighted by Gasteiger charge is -1.94. The van der Waals surface area contributed by atoms with Crippen LogP contribution in [0.25, 0.3) is 0 Å². The smallest absolute Gasteiger partial charge is 0.0337 e. The lowest BCUT2D eigenvalue weighted by molar-refractivity contribution is 1.11. The zero-order valence-corrected chi connectivity index (χ0v) is 6.11. The van der Waals surface area contributed by atoms with Gasteiger partial charge in [-0.25, -0.2) is 0 Å². The Morgan fingerprint density at radius 3 is 1.64 bits per heavy atom. The van der Waals surface area contributed by atoms with Gasteiger partial charge in [0.05, 0.1) is 0 Å². The minimum Gasteiger partial charge on any atom is -0.388 e. The van der Waals surface area contributed by atoms with Crippen LogP contribution in [0.4, 0.5) is 19.8 Å². The second kappa shape index (κ2) is 8.81. The maximum Gasteiger partial charge on any atom is 0.0337 e. The molecule has 0 radical (unpaired) electrons. The largest absolute Gasteiger partial charge is 0.388 e. The van der Waals surface area contributed by atoms with E-state index in [4.69, 9.17) is 0 Å². The molecule has 4 heteroatoms. The number of anilines is 1. The third kappa shape index (κ3) is 5.26. The van der Waals surface area contributed by atoms with Gasteiger partial charge in [0.15, 0.2) is 0 Å². The summed E-state index contributed by atoms with van der Waals surface area (Å²) in [7, 11) is 1.91. The Kier molecular flexibility index (Phi) is 13.1. The summed E-state index contributed by atoms with van der Waals surface area (Å²) < 4.78 is 0. The first-order chi connectivity index (χ1) is 3.93. The summed E-state index contributed by atoms with van der Waals surface area (Å²) in [6, 6.07) is 10.1. The quantitative estimate of drug-likeness (QED) is 0.676. The molecule has 0 aliphatic rings. The van der Waals surface area contributed by atoms with E-state index < -0.39 is 0 Å². The van der Waals surface area contributed by atoms with Gasteiger partial charge in [-0.1, -0.05) is 18.2 Å². The van der Waals surface area contributed by atoms with Gasteiger partial charge >= 0.3 is 0 Å². The highest BCUT2D eigenvalue weighted by molar-refractivity contribution is 5.41. The van der Waals surface area contributed by atoms with Crippen molar-refractivity contribution in [3.63, 3.8) is 0 Å². The molecule has 1 rings (SSSR count). The van der Waals surface area contributed by atoms with Crippen molar-refractivity contribution in [2.75, 3.05) is 12.4 Å². The maximum absolute atomic E-state index is 3.03. The Bertz CT molecular complexity index is 155. The number of para-hydroxylation sites is 1. The molecule has 11 heavy (non-hydrogen) atoms. The molecular formula is C7H12F3N. The van der Waals surface area contributed by atoms with E-state index >= 15 is 0 Å². The first-order valence-electron chi connectivity index (χ1n) is 2.66. The van der Waals surface area contributed by atoms with Gasteiger partial charge in [-0.15, -0.1) is 0 Å². The molecule has 0 unspecified atom stereocenters. The van der Waals surface area contributed by atoms with E-state index in [1.807, 2.05) is 37.4 Å². The number of halogens is 3. The molecule has 0 heterocycles. The molecule has 1 aromatic rings. The number of hydrogen-bond acceptors (Lipinski definition) is 1. The van der Waals surface area contributed by atoms with E-state index in [1.165, 1.54) is 0 Å². The number of nitrogens with one attached hydrogen (secondary N) is 1. The Hall–Kier alpha value is -1.19. The minimum absolute atomic E-state index is 0. The number of hydrogen-bond donors (Lipinski definition) is 1. The van der Waals surface area contributed by atoms with Gasteiger partial charge in [-0.2, -0.15) is 0 Å². The average Bonchev–Trinajstić information content (AvgIpc) is 1.90. The first-order valence-corrected chi connectivity index (χ1v) is 2.66. The lowest BCUT2D eigenvalue weighted by atomic mass is 10.3. The van der Waals surface area contributed by atoms with Crippen molar-refractivity contribution in [3.05, 3.63) is 30.3 Å². The molecule has 0 bridgehead atoms. The third-order valence-corrected chi connectivity index (χ3v) is 1.06. The second-order valence-corrected chi connectivity index (χ2v) is 1.62. The van der Waals surface area contributed by atoms with Crippen molar-refractivity contribution in [2.24, 2.45) is 0 Å². The zero-order chi connectivity index (χ0) is 5.82. The zero-order valence-electron chi connectivity index (χ0n) is 6.11. The van der Waals surface area contributed by atoms with Crippen LogP contribution in [0.3, 0.4) is 0 Å². The molecule has 0 aromatic heterocycles. The van der Waals surface area contributed by atoms with Crippen LogP contribution in [0, 0.1) is 0 Å². The Labute approximate surface area is 63.5 Å². The van der Waals surface area contributed by atoms with E-state index in [0.29, 0.717) is 0 Å². The molecule has 0 spiro atoms. The molecule has 1 N–H and O–H groups in total. The summed E-state index contributed by atoms with van der Waals surface area (Å²) in [5.74, 6) is 0. The highest BCUT2D eigenvalue weighted by Crippen LogP contribution is 2.01. The molecule has 1 nitrogen and oxygen atoms in total. The molecule has 0 aliphatic carbocycles. The van der Waals surface area contributed by atoms with Crippen LogP contribution in [0.15, 0.2) is 30.3 Å². The van der Waals surface area contributed by atoms with Crippen LogP contribution >= 0.6 is 0 Å². The SMILES string of the molecule is CNc1ccccc1.F.F.F. The molecule has 1 aromatic carbocycles. The summed E-state index contributed by atoms with van der Waals surface area (Å²) >= 11 is 0. The highest BCUT2D eigenvalue weighted by atomic mass is 19.0. The van der Waals surface area contributed by atoms with Gasteiger partial charge in [0.25, 0.3) is 0 Å². The standard InChI is InChI=1S/C7H9N.3FH/c1-8-7-5-3-2-4-6-7;;;/h2-6,8H,1H3;3*1H. The van der Waals surface area contributed by atoms with E-state index in [1.54, 1.807) is 0 Å². The molecule has 0 fully saturated rings. The highest BCUT2D eigenvalue weighted by Gasteiger charge is 1.77. The van der Waals surface area contributed by atoms with Crippen molar-refractivity contribution in [2.45, 2.75) is 0 Å². The number of rotatable bonds is 1. The van der Waals surface area contributed by atoms with Crippen LogP contribution < -0.4 is 5.32 Å². The molecule has 0 saturated carbocycles. The summed E-state index contributed by atoms with van der Waals surface area (Å²) in [6.45, 7) is 0. The lowest BCUT2D eigenvalue weighted by Crippen LogP contribution is -1.84. The summed E-state index contributed by atoms with van der Waals surface area (Å²) in [6.07, 6.45) is 0. The fourth-order valence-corrected chi connectivity index (χ4v) is 0.605. The Morgan fingerprint density at radius 2 is 1.36 bits per heavy atom. The van der Waals surface area contributed by atoms with Crippen LogP contribution in [-0.4, -0.2) is 7.05 Å². The number of benzene rings is 1. The average molecular weight is 167 g/mol. The Balaban J connectivity index is -0.000000213. The van der Waals surface area contributed by atoms with Crippen LogP contribution in [0.5, 0.6) is 0 Å². The van der Waals surface area contributed by atoms with Crippen LogP contribution in [0.2, 0.25) is 0 Å². The van der Waals surface area contributed by atoms with E-state index in [9.17, 15) is 0 Å². The monoisotopic (exact) mass is 167 g/mol. The normalized spacial score (nSPS) is 6.27. The Morgan fingerprint density at radius 1 is 0.909 bits per heavy atom. The van der Waals surface area contributed by atoms with Gasteiger partial charge in [-0.05, 0) is 12.1 Å². The van der Waals surface area contributed by atoms with Crippen molar-refractivity contribution in [1.82, 2.24) is 0 Å². The molecule has 0 amide bonds. The predicted molar refractivity (Wildman–Crippen MR) is 43.5 cm³/mol. The predicted octanol–water partition coefficient (Wildman–Crippen LogP) is 2.19. The van der Waals surface area contributed by atoms with E-state index in [-0.39, 0.29) is 14.1 Å².